The molecule has 24 heavy (non-hydrogen) atoms. The average Bonchev–Trinajstić information content (AvgIpc) is 2.61. The SMILES string of the molecule is CCC(=O)c1ccc(S(=O)(=O)c2ccc(NC(=O)CN)cc2)cc1. The molecule has 0 saturated carbocycles. The molecule has 0 unspecified atom stereocenters. The number of nitrogens with two attached hydrogens (primary N) is 1. The molecule has 126 valence electrons. The van der Waals surface area contributed by atoms with Gasteiger partial charge in [-0.25, -0.2) is 8.42 Å². The largest absolute Gasteiger partial charge is 0.325 e. The van der Waals surface area contributed by atoms with Crippen molar-refractivity contribution in [2.24, 2.45) is 5.73 Å². The van der Waals surface area contributed by atoms with E-state index >= 15 is 0 Å². The topological polar surface area (TPSA) is 106 Å². The van der Waals surface area contributed by atoms with Crippen molar-refractivity contribution in [3.8, 4) is 0 Å². The van der Waals surface area contributed by atoms with E-state index in [-0.39, 0.29) is 28.0 Å². The van der Waals surface area contributed by atoms with Gasteiger partial charge < -0.3 is 11.1 Å². The smallest absolute Gasteiger partial charge is 0.238 e. The van der Waals surface area contributed by atoms with Crippen molar-refractivity contribution in [1.82, 2.24) is 0 Å². The normalized spacial score (nSPS) is 11.1. The van der Waals surface area contributed by atoms with Crippen LogP contribution in [0.4, 0.5) is 5.69 Å². The highest BCUT2D eigenvalue weighted by Crippen LogP contribution is 2.23. The summed E-state index contributed by atoms with van der Waals surface area (Å²) in [5.41, 5.74) is 6.16. The van der Waals surface area contributed by atoms with Crippen molar-refractivity contribution in [3.63, 3.8) is 0 Å². The predicted octanol–water partition coefficient (Wildman–Crippen LogP) is 2.01. The Hall–Kier alpha value is -2.51. The van der Waals surface area contributed by atoms with Gasteiger partial charge in [0.05, 0.1) is 16.3 Å². The van der Waals surface area contributed by atoms with E-state index < -0.39 is 9.84 Å². The first-order chi connectivity index (χ1) is 11.4. The molecule has 0 aliphatic heterocycles. The van der Waals surface area contributed by atoms with E-state index in [1.54, 1.807) is 6.92 Å². The summed E-state index contributed by atoms with van der Waals surface area (Å²) in [6.07, 6.45) is 0.363. The molecule has 0 aliphatic carbocycles. The standard InChI is InChI=1S/C17H18N2O4S/c1-2-16(20)12-3-7-14(8-4-12)24(22,23)15-9-5-13(6-10-15)19-17(21)11-18/h3-10H,2,11,18H2,1H3,(H,19,21). The molecule has 0 saturated heterocycles. The molecule has 0 spiro atoms. The lowest BCUT2D eigenvalue weighted by Crippen LogP contribution is -2.21. The van der Waals surface area contributed by atoms with Crippen LogP contribution in [0.3, 0.4) is 0 Å². The minimum Gasteiger partial charge on any atom is -0.325 e. The number of hydrogen-bond acceptors (Lipinski definition) is 5. The number of carbonyl (C=O) groups excluding carboxylic acids is 2. The van der Waals surface area contributed by atoms with E-state index in [0.717, 1.165) is 0 Å². The van der Waals surface area contributed by atoms with E-state index in [0.29, 0.717) is 17.7 Å². The van der Waals surface area contributed by atoms with Gasteiger partial charge in [0.2, 0.25) is 15.7 Å². The molecular weight excluding hydrogens is 328 g/mol. The molecule has 2 aromatic carbocycles. The Labute approximate surface area is 140 Å². The van der Waals surface area contributed by atoms with E-state index in [2.05, 4.69) is 5.32 Å². The van der Waals surface area contributed by atoms with Crippen molar-refractivity contribution in [3.05, 3.63) is 54.1 Å². The Kier molecular flexibility index (Phi) is 5.48. The highest BCUT2D eigenvalue weighted by molar-refractivity contribution is 7.91. The molecule has 3 N–H and O–H groups in total. The molecule has 0 radical (unpaired) electrons. The van der Waals surface area contributed by atoms with Crippen LogP contribution in [0, 0.1) is 0 Å². The summed E-state index contributed by atoms with van der Waals surface area (Å²) < 4.78 is 25.2. The molecule has 0 aromatic heterocycles. The number of Topliss-reactive ketones (excluding diaryl/α,β-unsaturated/α-hetero) is 1. The van der Waals surface area contributed by atoms with Crippen molar-refractivity contribution < 1.29 is 18.0 Å². The van der Waals surface area contributed by atoms with Crippen LogP contribution in [-0.2, 0) is 14.6 Å². The Balaban J connectivity index is 2.26. The van der Waals surface area contributed by atoms with Crippen LogP contribution in [0.15, 0.2) is 58.3 Å². The molecule has 1 amide bonds. The van der Waals surface area contributed by atoms with Gasteiger partial charge in [-0.15, -0.1) is 0 Å². The number of benzene rings is 2. The molecule has 7 heteroatoms. The van der Waals surface area contributed by atoms with Gasteiger partial charge in [-0.05, 0) is 36.4 Å². The first-order valence-corrected chi connectivity index (χ1v) is 8.85. The summed E-state index contributed by atoms with van der Waals surface area (Å²) in [6, 6.07) is 11.7. The Morgan fingerprint density at radius 2 is 1.46 bits per heavy atom. The number of anilines is 1. The minimum absolute atomic E-state index is 0.0426. The number of sulfone groups is 1. The molecular formula is C17H18N2O4S. The second-order valence-corrected chi connectivity index (χ2v) is 7.03. The Morgan fingerprint density at radius 1 is 0.958 bits per heavy atom. The number of hydrogen-bond donors (Lipinski definition) is 2. The van der Waals surface area contributed by atoms with E-state index in [9.17, 15) is 18.0 Å². The molecule has 0 bridgehead atoms. The molecule has 0 fully saturated rings. The second-order valence-electron chi connectivity index (χ2n) is 5.08. The van der Waals surface area contributed by atoms with Crippen molar-refractivity contribution in [2.45, 2.75) is 23.1 Å². The van der Waals surface area contributed by atoms with Crippen LogP contribution in [-0.4, -0.2) is 26.7 Å². The number of carbonyl (C=O) groups is 2. The van der Waals surface area contributed by atoms with E-state index in [4.69, 9.17) is 5.73 Å². The summed E-state index contributed by atoms with van der Waals surface area (Å²) in [6.45, 7) is 1.60. The maximum atomic E-state index is 12.6. The van der Waals surface area contributed by atoms with Crippen LogP contribution in [0.25, 0.3) is 0 Å². The van der Waals surface area contributed by atoms with E-state index in [1.807, 2.05) is 0 Å². The zero-order valence-corrected chi connectivity index (χ0v) is 14.0. The number of amides is 1. The summed E-state index contributed by atoms with van der Waals surface area (Å²) in [5, 5.41) is 2.54. The van der Waals surface area contributed by atoms with Gasteiger partial charge in [-0.3, -0.25) is 9.59 Å². The Bertz CT molecular complexity index is 841. The molecule has 0 atom stereocenters. The zero-order chi connectivity index (χ0) is 17.7. The fraction of sp³-hybridized carbons (Fsp3) is 0.176. The maximum Gasteiger partial charge on any atom is 0.238 e. The van der Waals surface area contributed by atoms with Crippen LogP contribution in [0.5, 0.6) is 0 Å². The van der Waals surface area contributed by atoms with Gasteiger partial charge in [-0.1, -0.05) is 19.1 Å². The summed E-state index contributed by atoms with van der Waals surface area (Å²) >= 11 is 0. The maximum absolute atomic E-state index is 12.6. The first-order valence-electron chi connectivity index (χ1n) is 7.37. The second kappa shape index (κ2) is 7.37. The van der Waals surface area contributed by atoms with Crippen LogP contribution in [0.1, 0.15) is 23.7 Å². The molecule has 2 rings (SSSR count). The summed E-state index contributed by atoms with van der Waals surface area (Å²) in [5.74, 6) is -0.402. The molecule has 0 heterocycles. The molecule has 0 aliphatic rings. The van der Waals surface area contributed by atoms with Gasteiger partial charge >= 0.3 is 0 Å². The highest BCUT2D eigenvalue weighted by Gasteiger charge is 2.18. The van der Waals surface area contributed by atoms with Gasteiger partial charge in [0, 0.05) is 17.7 Å². The first kappa shape index (κ1) is 17.8. The number of ketones is 1. The van der Waals surface area contributed by atoms with Gasteiger partial charge in [-0.2, -0.15) is 0 Å². The zero-order valence-electron chi connectivity index (χ0n) is 13.2. The monoisotopic (exact) mass is 346 g/mol. The fourth-order valence-corrected chi connectivity index (χ4v) is 3.35. The van der Waals surface area contributed by atoms with Crippen LogP contribution >= 0.6 is 0 Å². The predicted molar refractivity (Wildman–Crippen MR) is 90.6 cm³/mol. The number of rotatable bonds is 6. The highest BCUT2D eigenvalue weighted by atomic mass is 32.2. The summed E-state index contributed by atoms with van der Waals surface area (Å²) in [4.78, 5) is 23.0. The fourth-order valence-electron chi connectivity index (χ4n) is 2.09. The van der Waals surface area contributed by atoms with E-state index in [1.165, 1.54) is 48.5 Å². The van der Waals surface area contributed by atoms with Crippen LogP contribution < -0.4 is 11.1 Å². The van der Waals surface area contributed by atoms with Crippen molar-refractivity contribution in [1.29, 1.82) is 0 Å². The Morgan fingerprint density at radius 3 is 1.92 bits per heavy atom. The summed E-state index contributed by atoms with van der Waals surface area (Å²) in [7, 11) is -3.69. The quantitative estimate of drug-likeness (QED) is 0.778. The third-order valence-corrected chi connectivity index (χ3v) is 5.23. The van der Waals surface area contributed by atoms with Crippen molar-refractivity contribution in [2.75, 3.05) is 11.9 Å². The van der Waals surface area contributed by atoms with Gasteiger partial charge in [0.1, 0.15) is 0 Å². The van der Waals surface area contributed by atoms with Gasteiger partial charge in [0.25, 0.3) is 0 Å². The van der Waals surface area contributed by atoms with Crippen molar-refractivity contribution >= 4 is 27.2 Å². The van der Waals surface area contributed by atoms with Crippen LogP contribution in [0.2, 0.25) is 0 Å². The average molecular weight is 346 g/mol. The minimum atomic E-state index is -3.69. The third kappa shape index (κ3) is 3.87. The molecule has 6 nitrogen and oxygen atoms in total. The molecule has 2 aromatic rings. The van der Waals surface area contributed by atoms with Gasteiger partial charge in [0.15, 0.2) is 5.78 Å². The number of nitrogens with one attached hydrogen (secondary N) is 1. The third-order valence-electron chi connectivity index (χ3n) is 3.44. The lowest BCUT2D eigenvalue weighted by molar-refractivity contribution is -0.114. The lowest BCUT2D eigenvalue weighted by Gasteiger charge is -2.08. The lowest BCUT2D eigenvalue weighted by atomic mass is 10.1.